The van der Waals surface area contributed by atoms with Gasteiger partial charge in [0, 0.05) is 57.4 Å². The predicted octanol–water partition coefficient (Wildman–Crippen LogP) is 3.82. The van der Waals surface area contributed by atoms with Crippen molar-refractivity contribution < 1.29 is 27.9 Å². The summed E-state index contributed by atoms with van der Waals surface area (Å²) in [5, 5.41) is 8.94. The fourth-order valence-corrected chi connectivity index (χ4v) is 6.18. The van der Waals surface area contributed by atoms with Gasteiger partial charge >= 0.3 is 12.1 Å². The van der Waals surface area contributed by atoms with E-state index in [4.69, 9.17) is 4.74 Å². The van der Waals surface area contributed by atoms with Crippen molar-refractivity contribution >= 4 is 18.0 Å². The minimum atomic E-state index is -0.715. The van der Waals surface area contributed by atoms with Crippen LogP contribution in [-0.4, -0.2) is 108 Å². The molecule has 11 nitrogen and oxygen atoms in total. The van der Waals surface area contributed by atoms with Crippen molar-refractivity contribution in [3.63, 3.8) is 0 Å². The number of benzene rings is 3. The second-order valence-corrected chi connectivity index (χ2v) is 12.5. The number of piperazine rings is 1. The summed E-state index contributed by atoms with van der Waals surface area (Å²) in [6.07, 6.45) is 0.786. The highest BCUT2D eigenvalue weighted by Crippen LogP contribution is 2.29. The van der Waals surface area contributed by atoms with Crippen LogP contribution < -0.4 is 15.4 Å². The van der Waals surface area contributed by atoms with E-state index in [0.717, 1.165) is 17.2 Å². The molecular formula is C36H43F2N7O4. The predicted molar refractivity (Wildman–Crippen MR) is 181 cm³/mol. The van der Waals surface area contributed by atoms with E-state index in [-0.39, 0.29) is 44.7 Å². The number of rotatable bonds is 12. The molecule has 2 heterocycles. The maximum Gasteiger partial charge on any atom is 0.412 e. The van der Waals surface area contributed by atoms with Crippen LogP contribution in [0.1, 0.15) is 16.7 Å². The Kier molecular flexibility index (Phi) is 11.9. The van der Waals surface area contributed by atoms with Crippen molar-refractivity contribution in [1.29, 1.82) is 0 Å². The number of nitrogens with zero attached hydrogens (tertiary/aromatic N) is 5. The van der Waals surface area contributed by atoms with Crippen LogP contribution in [-0.2, 0) is 24.3 Å². The number of urea groups is 1. The molecule has 4 amide bonds. The molecule has 3 aromatic carbocycles. The Balaban J connectivity index is 1.38. The third-order valence-corrected chi connectivity index (χ3v) is 8.47. The number of hydrazine groups is 1. The summed E-state index contributed by atoms with van der Waals surface area (Å²) in [4.78, 5) is 45.6. The molecule has 0 aromatic heterocycles. The second-order valence-electron chi connectivity index (χ2n) is 12.5. The molecule has 49 heavy (non-hydrogen) atoms. The number of amides is 4. The molecule has 260 valence electrons. The van der Waals surface area contributed by atoms with Crippen LogP contribution in [0.2, 0.25) is 0 Å². The maximum absolute atomic E-state index is 14.8. The number of hydrogen-bond donors (Lipinski definition) is 2. The standard InChI is InChI=1S/C36H43F2N7O4/c1-4-17-43-25-34(46)44-30(19-26-10-14-31(15-11-26)49-36(48)39-16-18-41(2)3)23-42(22-28-12-13-29(37)20-32(28)38)24-33(44)45(43)35(47)40-21-27-8-6-5-7-9-27/h4-15,20,30,33H,1,16-19,21-25H2,2-3H3,(H,39,48)(H,40,47)/t30-,33-/m0/s1. The summed E-state index contributed by atoms with van der Waals surface area (Å²) in [6.45, 7) is 6.24. The Labute approximate surface area is 285 Å². The third kappa shape index (κ3) is 9.40. The average molecular weight is 676 g/mol. The van der Waals surface area contributed by atoms with E-state index in [1.165, 1.54) is 12.1 Å². The first kappa shape index (κ1) is 35.5. The van der Waals surface area contributed by atoms with E-state index in [2.05, 4.69) is 17.2 Å². The Bertz CT molecular complexity index is 1610. The van der Waals surface area contributed by atoms with E-state index < -0.39 is 29.9 Å². The van der Waals surface area contributed by atoms with Gasteiger partial charge in [-0.2, -0.15) is 0 Å². The van der Waals surface area contributed by atoms with Gasteiger partial charge in [0.05, 0.1) is 12.6 Å². The van der Waals surface area contributed by atoms with Crippen molar-refractivity contribution in [3.05, 3.63) is 114 Å². The third-order valence-electron chi connectivity index (χ3n) is 8.47. The van der Waals surface area contributed by atoms with Gasteiger partial charge in [-0.1, -0.05) is 54.6 Å². The van der Waals surface area contributed by atoms with Gasteiger partial charge in [0.25, 0.3) is 0 Å². The molecule has 2 fully saturated rings. The first-order valence-corrected chi connectivity index (χ1v) is 16.2. The van der Waals surface area contributed by atoms with Crippen LogP contribution in [0.15, 0.2) is 85.5 Å². The average Bonchev–Trinajstić information content (AvgIpc) is 3.06. The molecule has 2 N–H and O–H groups in total. The van der Waals surface area contributed by atoms with Crippen molar-refractivity contribution in [2.45, 2.75) is 31.7 Å². The quantitative estimate of drug-likeness (QED) is 0.282. The van der Waals surface area contributed by atoms with Gasteiger partial charge in [-0.3, -0.25) is 9.69 Å². The molecule has 0 aliphatic carbocycles. The van der Waals surface area contributed by atoms with Crippen LogP contribution in [0.4, 0.5) is 18.4 Å². The number of nitrogens with one attached hydrogen (secondary N) is 2. The first-order chi connectivity index (χ1) is 23.6. The summed E-state index contributed by atoms with van der Waals surface area (Å²) in [7, 11) is 3.82. The monoisotopic (exact) mass is 675 g/mol. The van der Waals surface area contributed by atoms with Crippen LogP contribution in [0.5, 0.6) is 5.75 Å². The number of carbonyl (C=O) groups is 3. The lowest BCUT2D eigenvalue weighted by Crippen LogP contribution is -2.75. The Hall–Kier alpha value is -4.85. The number of carbonyl (C=O) groups excluding carboxylic acids is 3. The van der Waals surface area contributed by atoms with Gasteiger partial charge in [-0.05, 0) is 49.8 Å². The number of ether oxygens (including phenoxy) is 1. The minimum absolute atomic E-state index is 0.0277. The molecule has 2 aliphatic rings. The maximum atomic E-state index is 14.8. The van der Waals surface area contributed by atoms with Crippen LogP contribution in [0.25, 0.3) is 0 Å². The summed E-state index contributed by atoms with van der Waals surface area (Å²) in [5.41, 5.74) is 2.11. The first-order valence-electron chi connectivity index (χ1n) is 16.2. The van der Waals surface area contributed by atoms with Gasteiger partial charge in [-0.15, -0.1) is 6.58 Å². The smallest absolute Gasteiger partial charge is 0.410 e. The largest absolute Gasteiger partial charge is 0.412 e. The lowest BCUT2D eigenvalue weighted by atomic mass is 9.99. The molecule has 13 heteroatoms. The highest BCUT2D eigenvalue weighted by atomic mass is 19.1. The molecule has 0 bridgehead atoms. The Morgan fingerprint density at radius 3 is 2.45 bits per heavy atom. The zero-order chi connectivity index (χ0) is 34.9. The van der Waals surface area contributed by atoms with E-state index in [0.29, 0.717) is 37.4 Å². The normalized spacial score (nSPS) is 18.3. The molecule has 5 rings (SSSR count). The molecule has 2 aliphatic heterocycles. The number of hydrogen-bond acceptors (Lipinski definition) is 7. The molecule has 0 unspecified atom stereocenters. The summed E-state index contributed by atoms with van der Waals surface area (Å²) < 4.78 is 34.0. The van der Waals surface area contributed by atoms with Gasteiger partial charge < -0.3 is 25.2 Å². The van der Waals surface area contributed by atoms with Crippen LogP contribution in [0.3, 0.4) is 0 Å². The van der Waals surface area contributed by atoms with E-state index in [1.807, 2.05) is 66.4 Å². The molecule has 0 saturated carbocycles. The lowest BCUT2D eigenvalue weighted by molar-refractivity contribution is -0.182. The minimum Gasteiger partial charge on any atom is -0.410 e. The number of fused-ring (bicyclic) bond motifs is 1. The summed E-state index contributed by atoms with van der Waals surface area (Å²) in [6, 6.07) is 19.3. The molecule has 2 atom stereocenters. The Morgan fingerprint density at radius 2 is 1.76 bits per heavy atom. The van der Waals surface area contributed by atoms with E-state index in [9.17, 15) is 23.2 Å². The molecule has 0 radical (unpaired) electrons. The van der Waals surface area contributed by atoms with Crippen LogP contribution >= 0.6 is 0 Å². The topological polar surface area (TPSA) is 101 Å². The Morgan fingerprint density at radius 1 is 1.00 bits per heavy atom. The lowest BCUT2D eigenvalue weighted by Gasteiger charge is -2.55. The highest BCUT2D eigenvalue weighted by molar-refractivity contribution is 5.83. The molecule has 2 saturated heterocycles. The van der Waals surface area contributed by atoms with Crippen molar-refractivity contribution in [2.24, 2.45) is 0 Å². The zero-order valence-electron chi connectivity index (χ0n) is 27.9. The van der Waals surface area contributed by atoms with Gasteiger partial charge in [0.1, 0.15) is 23.5 Å². The van der Waals surface area contributed by atoms with Crippen molar-refractivity contribution in [2.75, 3.05) is 53.4 Å². The number of halogens is 2. The van der Waals surface area contributed by atoms with Gasteiger partial charge in [0.2, 0.25) is 5.91 Å². The molecule has 3 aromatic rings. The summed E-state index contributed by atoms with van der Waals surface area (Å²) in [5.74, 6) is -1.10. The van der Waals surface area contributed by atoms with E-state index in [1.54, 1.807) is 33.1 Å². The SMILES string of the molecule is C=CCN1CC(=O)N2[C@@H](Cc3ccc(OC(=O)NCCN(C)C)cc3)CN(Cc3ccc(F)cc3F)C[C@@H]2N1C(=O)NCc1ccccc1. The number of likely N-dealkylation sites (N-methyl/N-ethyl adjacent to an activating group) is 1. The fraction of sp³-hybridized carbons (Fsp3) is 0.361. The molecule has 0 spiro atoms. The second kappa shape index (κ2) is 16.5. The summed E-state index contributed by atoms with van der Waals surface area (Å²) >= 11 is 0. The highest BCUT2D eigenvalue weighted by Gasteiger charge is 2.48. The van der Waals surface area contributed by atoms with Crippen molar-refractivity contribution in [3.8, 4) is 5.75 Å². The van der Waals surface area contributed by atoms with Crippen LogP contribution in [0, 0.1) is 11.6 Å². The fourth-order valence-electron chi connectivity index (χ4n) is 6.18. The zero-order valence-corrected chi connectivity index (χ0v) is 27.9. The van der Waals surface area contributed by atoms with Crippen molar-refractivity contribution in [1.82, 2.24) is 35.4 Å². The van der Waals surface area contributed by atoms with E-state index >= 15 is 0 Å². The van der Waals surface area contributed by atoms with Gasteiger partial charge in [-0.25, -0.2) is 28.4 Å². The van der Waals surface area contributed by atoms with Gasteiger partial charge in [0.15, 0.2) is 0 Å². The molecular weight excluding hydrogens is 632 g/mol.